The molecule has 2 aromatic carbocycles. The Balaban J connectivity index is 1.69. The number of hydrogen-bond donors (Lipinski definition) is 1. The van der Waals surface area contributed by atoms with Crippen LogP contribution >= 0.6 is 11.6 Å². The molecule has 9 heteroatoms. The summed E-state index contributed by atoms with van der Waals surface area (Å²) in [4.78, 5) is 28.8. The SMILES string of the molecule is C=CC(=O)N1C[C@H](C)N(C2=NCN(c3c(CC)cccc3CC)c3nc(-c4c(N)cccc4F)c(Cl)cc32)C[C@H]1C. The van der Waals surface area contributed by atoms with E-state index in [2.05, 4.69) is 55.3 Å². The van der Waals surface area contributed by atoms with Crippen molar-refractivity contribution in [1.29, 1.82) is 0 Å². The number of halogens is 2. The molecule has 0 radical (unpaired) electrons. The molecule has 2 N–H and O–H groups in total. The van der Waals surface area contributed by atoms with Gasteiger partial charge in [0.2, 0.25) is 5.91 Å². The van der Waals surface area contributed by atoms with Crippen LogP contribution in [0.2, 0.25) is 5.02 Å². The first-order valence-electron chi connectivity index (χ1n) is 14.1. The number of carbonyl (C=O) groups excluding carboxylic acids is 1. The Morgan fingerprint density at radius 3 is 2.44 bits per heavy atom. The molecule has 2 aliphatic rings. The van der Waals surface area contributed by atoms with Crippen molar-refractivity contribution >= 4 is 40.5 Å². The average Bonchev–Trinajstić information content (AvgIpc) is 2.97. The van der Waals surface area contributed by atoms with Gasteiger partial charge in [0, 0.05) is 30.9 Å². The van der Waals surface area contributed by atoms with Crippen molar-refractivity contribution in [3.8, 4) is 11.3 Å². The molecule has 0 aliphatic carbocycles. The molecule has 3 heterocycles. The highest BCUT2D eigenvalue weighted by Gasteiger charge is 2.37. The van der Waals surface area contributed by atoms with Crippen LogP contribution < -0.4 is 10.6 Å². The van der Waals surface area contributed by atoms with Gasteiger partial charge in [-0.3, -0.25) is 4.79 Å². The second-order valence-corrected chi connectivity index (χ2v) is 11.0. The van der Waals surface area contributed by atoms with E-state index < -0.39 is 5.82 Å². The summed E-state index contributed by atoms with van der Waals surface area (Å²) >= 11 is 6.86. The molecule has 0 saturated carbocycles. The Morgan fingerprint density at radius 1 is 1.12 bits per heavy atom. The fourth-order valence-corrected chi connectivity index (χ4v) is 6.18. The topological polar surface area (TPSA) is 78.1 Å². The molecule has 7 nitrogen and oxygen atoms in total. The molecule has 1 aromatic heterocycles. The number of aryl methyl sites for hydroxylation is 2. The Kier molecular flexibility index (Phi) is 8.04. The monoisotopic (exact) mass is 574 g/mol. The van der Waals surface area contributed by atoms with Gasteiger partial charge in [-0.2, -0.15) is 0 Å². The van der Waals surface area contributed by atoms with E-state index >= 15 is 4.39 Å². The minimum absolute atomic E-state index is 0.0111. The number of benzene rings is 2. The number of piperazine rings is 1. The smallest absolute Gasteiger partial charge is 0.246 e. The molecule has 1 saturated heterocycles. The highest BCUT2D eigenvalue weighted by atomic mass is 35.5. The van der Waals surface area contributed by atoms with Crippen molar-refractivity contribution in [2.75, 3.05) is 30.4 Å². The van der Waals surface area contributed by atoms with E-state index in [0.717, 1.165) is 29.9 Å². The fourth-order valence-electron chi connectivity index (χ4n) is 5.94. The number of aromatic nitrogens is 1. The number of pyridine rings is 1. The van der Waals surface area contributed by atoms with E-state index in [9.17, 15) is 4.79 Å². The Hall–Kier alpha value is -3.91. The maximum Gasteiger partial charge on any atom is 0.246 e. The molecule has 41 heavy (non-hydrogen) atoms. The number of aliphatic imine (C=N–C) groups is 1. The summed E-state index contributed by atoms with van der Waals surface area (Å²) in [6, 6.07) is 12.7. The minimum Gasteiger partial charge on any atom is -0.398 e. The van der Waals surface area contributed by atoms with Crippen LogP contribution in [0.4, 0.5) is 21.6 Å². The summed E-state index contributed by atoms with van der Waals surface area (Å²) in [7, 11) is 0. The number of amidine groups is 1. The summed E-state index contributed by atoms with van der Waals surface area (Å²) in [5.41, 5.74) is 11.2. The van der Waals surface area contributed by atoms with Gasteiger partial charge in [0.1, 0.15) is 24.1 Å². The second kappa shape index (κ2) is 11.5. The summed E-state index contributed by atoms with van der Waals surface area (Å²) in [5.74, 6) is 0.846. The summed E-state index contributed by atoms with van der Waals surface area (Å²) in [6.45, 7) is 13.5. The van der Waals surface area contributed by atoms with E-state index in [1.807, 2.05) is 17.9 Å². The number of nitrogen functional groups attached to an aromatic ring is 1. The van der Waals surface area contributed by atoms with E-state index in [1.165, 1.54) is 23.3 Å². The van der Waals surface area contributed by atoms with Gasteiger partial charge in [0.25, 0.3) is 0 Å². The normalized spacial score (nSPS) is 18.7. The summed E-state index contributed by atoms with van der Waals surface area (Å²) in [5, 5.41) is 0.288. The predicted octanol–water partition coefficient (Wildman–Crippen LogP) is 6.21. The molecule has 1 fully saturated rings. The highest BCUT2D eigenvalue weighted by Crippen LogP contribution is 2.42. The third-order valence-corrected chi connectivity index (χ3v) is 8.34. The molecule has 1 amide bonds. The van der Waals surface area contributed by atoms with Gasteiger partial charge < -0.3 is 20.4 Å². The maximum atomic E-state index is 15.1. The zero-order valence-electron chi connectivity index (χ0n) is 24.0. The number of rotatable bonds is 5. The number of hydrogen-bond acceptors (Lipinski definition) is 6. The van der Waals surface area contributed by atoms with Gasteiger partial charge in [-0.15, -0.1) is 0 Å². The van der Waals surface area contributed by atoms with Gasteiger partial charge in [-0.1, -0.05) is 56.3 Å². The van der Waals surface area contributed by atoms with Gasteiger partial charge in [-0.25, -0.2) is 14.4 Å². The molecule has 0 unspecified atom stereocenters. The van der Waals surface area contributed by atoms with Crippen molar-refractivity contribution in [3.05, 3.63) is 82.6 Å². The Bertz CT molecular complexity index is 1500. The number of anilines is 3. The van der Waals surface area contributed by atoms with Crippen LogP contribution in [0.15, 0.2) is 60.1 Å². The van der Waals surface area contributed by atoms with E-state index in [-0.39, 0.29) is 34.3 Å². The minimum atomic E-state index is -0.482. The first-order valence-corrected chi connectivity index (χ1v) is 14.5. The molecular formula is C32H36ClFN6O. The van der Waals surface area contributed by atoms with E-state index in [1.54, 1.807) is 12.1 Å². The van der Waals surface area contributed by atoms with Crippen LogP contribution in [0.3, 0.4) is 0 Å². The van der Waals surface area contributed by atoms with Crippen molar-refractivity contribution in [1.82, 2.24) is 14.8 Å². The van der Waals surface area contributed by atoms with Crippen LogP contribution in [0.5, 0.6) is 0 Å². The second-order valence-electron chi connectivity index (χ2n) is 10.6. The van der Waals surface area contributed by atoms with Crippen molar-refractivity contribution < 1.29 is 9.18 Å². The number of nitrogens with two attached hydrogens (primary N) is 1. The van der Waals surface area contributed by atoms with Crippen LogP contribution in [-0.4, -0.2) is 58.4 Å². The third kappa shape index (κ3) is 5.05. The van der Waals surface area contributed by atoms with Crippen molar-refractivity contribution in [3.63, 3.8) is 0 Å². The summed E-state index contributed by atoms with van der Waals surface area (Å²) in [6.07, 6.45) is 3.03. The summed E-state index contributed by atoms with van der Waals surface area (Å²) < 4.78 is 15.1. The molecule has 2 aliphatic heterocycles. The van der Waals surface area contributed by atoms with E-state index in [4.69, 9.17) is 27.3 Å². The molecular weight excluding hydrogens is 539 g/mol. The number of carbonyl (C=O) groups is 1. The van der Waals surface area contributed by atoms with Gasteiger partial charge >= 0.3 is 0 Å². The standard InChI is InChI=1S/C32H36ClFN6O/c1-6-21-11-9-12-22(7-2)30(21)40-18-36-31(39-17-19(4)38(16-20(39)5)27(41)8-3)23-15-24(33)29(37-32(23)40)28-25(34)13-10-14-26(28)35/h8-15,19-20H,3,6-7,16-18,35H2,1-2,4-5H3/t19-,20+/m1/s1. The molecule has 0 bridgehead atoms. The van der Waals surface area contributed by atoms with Crippen LogP contribution in [0, 0.1) is 5.82 Å². The van der Waals surface area contributed by atoms with Gasteiger partial charge in [-0.05, 0) is 62.1 Å². The lowest BCUT2D eigenvalue weighted by atomic mass is 9.99. The van der Waals surface area contributed by atoms with Crippen molar-refractivity contribution in [2.45, 2.75) is 52.6 Å². The number of nitrogens with zero attached hydrogens (tertiary/aromatic N) is 5. The molecule has 3 aromatic rings. The average molecular weight is 575 g/mol. The first kappa shape index (κ1) is 28.6. The largest absolute Gasteiger partial charge is 0.398 e. The fraction of sp³-hybridized carbons (Fsp3) is 0.344. The third-order valence-electron chi connectivity index (χ3n) is 8.05. The Morgan fingerprint density at radius 2 is 1.80 bits per heavy atom. The number of fused-ring (bicyclic) bond motifs is 1. The zero-order chi connectivity index (χ0) is 29.4. The lowest BCUT2D eigenvalue weighted by molar-refractivity contribution is -0.130. The number of amides is 1. The molecule has 2 atom stereocenters. The lowest BCUT2D eigenvalue weighted by Gasteiger charge is -2.46. The highest BCUT2D eigenvalue weighted by molar-refractivity contribution is 6.34. The zero-order valence-corrected chi connectivity index (χ0v) is 24.7. The molecule has 5 rings (SSSR count). The predicted molar refractivity (Wildman–Crippen MR) is 165 cm³/mol. The van der Waals surface area contributed by atoms with Crippen LogP contribution in [0.1, 0.15) is 44.4 Å². The quantitative estimate of drug-likeness (QED) is 0.289. The maximum absolute atomic E-state index is 15.1. The molecule has 0 spiro atoms. The first-order chi connectivity index (χ1) is 19.7. The van der Waals surface area contributed by atoms with Crippen LogP contribution in [0.25, 0.3) is 11.3 Å². The Labute approximate surface area is 246 Å². The van der Waals surface area contributed by atoms with Crippen molar-refractivity contribution in [2.24, 2.45) is 4.99 Å². The van der Waals surface area contributed by atoms with E-state index in [0.29, 0.717) is 31.3 Å². The lowest BCUT2D eigenvalue weighted by Crippen LogP contribution is -2.59. The van der Waals surface area contributed by atoms with Gasteiger partial charge in [0.05, 0.1) is 27.5 Å². The molecule has 214 valence electrons. The van der Waals surface area contributed by atoms with Crippen LogP contribution in [-0.2, 0) is 17.6 Å². The number of para-hydroxylation sites is 1. The van der Waals surface area contributed by atoms with Gasteiger partial charge in [0.15, 0.2) is 0 Å².